The molecule has 2 fully saturated rings. The van der Waals surface area contributed by atoms with E-state index < -0.39 is 0 Å². The van der Waals surface area contributed by atoms with Gasteiger partial charge in [0.15, 0.2) is 11.5 Å². The number of ether oxygens (including phenoxy) is 2. The first kappa shape index (κ1) is 15.8. The van der Waals surface area contributed by atoms with Crippen LogP contribution in [-0.4, -0.2) is 31.6 Å². The second kappa shape index (κ2) is 6.30. The minimum atomic E-state index is 0.341. The van der Waals surface area contributed by atoms with Crippen LogP contribution in [0.4, 0.5) is 0 Å². The Balaban J connectivity index is 1.44. The number of fused-ring (bicyclic) bond motifs is 3. The second-order valence-electron chi connectivity index (χ2n) is 7.68. The van der Waals surface area contributed by atoms with E-state index in [1.165, 1.54) is 36.8 Å². The lowest BCUT2D eigenvalue weighted by Gasteiger charge is -2.31. The Morgan fingerprint density at radius 1 is 1.12 bits per heavy atom. The topological polar surface area (TPSA) is 38.8 Å². The molecule has 0 radical (unpaired) electrons. The van der Waals surface area contributed by atoms with Crippen LogP contribution in [0.2, 0.25) is 0 Å². The van der Waals surface area contributed by atoms with Gasteiger partial charge in [-0.1, -0.05) is 6.42 Å². The molecule has 0 unspecified atom stereocenters. The molecular weight excluding hydrogens is 302 g/mol. The van der Waals surface area contributed by atoms with Crippen molar-refractivity contribution in [3.05, 3.63) is 23.3 Å². The highest BCUT2D eigenvalue weighted by molar-refractivity contribution is 5.77. The Kier molecular flexibility index (Phi) is 4.15. The van der Waals surface area contributed by atoms with Gasteiger partial charge in [0.1, 0.15) is 0 Å². The SMILES string of the molecule is COc1cc2c(cc1OC)CN(C(=O)C[C@H]1C[C@@H]3CC[C@H]1C3)CC2. The summed E-state index contributed by atoms with van der Waals surface area (Å²) < 4.78 is 10.8. The van der Waals surface area contributed by atoms with Crippen molar-refractivity contribution in [1.29, 1.82) is 0 Å². The van der Waals surface area contributed by atoms with Gasteiger partial charge in [-0.2, -0.15) is 0 Å². The number of carbonyl (C=O) groups excluding carboxylic acids is 1. The summed E-state index contributed by atoms with van der Waals surface area (Å²) in [7, 11) is 3.32. The summed E-state index contributed by atoms with van der Waals surface area (Å²) in [6, 6.07) is 4.09. The van der Waals surface area contributed by atoms with Crippen LogP contribution in [0.5, 0.6) is 11.5 Å². The lowest BCUT2D eigenvalue weighted by molar-refractivity contribution is -0.133. The van der Waals surface area contributed by atoms with Gasteiger partial charge in [-0.25, -0.2) is 0 Å². The lowest BCUT2D eigenvalue weighted by atomic mass is 9.86. The fraction of sp³-hybridized carbons (Fsp3) is 0.650. The number of nitrogens with zero attached hydrogens (tertiary/aromatic N) is 1. The van der Waals surface area contributed by atoms with Crippen LogP contribution >= 0.6 is 0 Å². The van der Waals surface area contributed by atoms with E-state index in [4.69, 9.17) is 9.47 Å². The molecule has 1 aromatic rings. The number of rotatable bonds is 4. The van der Waals surface area contributed by atoms with Crippen LogP contribution < -0.4 is 9.47 Å². The molecule has 1 aromatic carbocycles. The molecule has 130 valence electrons. The molecule has 1 aliphatic heterocycles. The molecule has 4 rings (SSSR count). The van der Waals surface area contributed by atoms with Crippen molar-refractivity contribution in [2.24, 2.45) is 17.8 Å². The summed E-state index contributed by atoms with van der Waals surface area (Å²) in [6.07, 6.45) is 7.06. The van der Waals surface area contributed by atoms with Crippen molar-refractivity contribution in [3.8, 4) is 11.5 Å². The molecule has 24 heavy (non-hydrogen) atoms. The summed E-state index contributed by atoms with van der Waals surface area (Å²) in [4.78, 5) is 14.8. The molecular formula is C20H27NO3. The maximum atomic E-state index is 12.8. The predicted molar refractivity (Wildman–Crippen MR) is 92.2 cm³/mol. The van der Waals surface area contributed by atoms with Crippen molar-refractivity contribution in [2.45, 2.75) is 45.1 Å². The first-order valence-corrected chi connectivity index (χ1v) is 9.19. The molecule has 4 heteroatoms. The Hall–Kier alpha value is -1.71. The standard InChI is InChI=1S/C20H27NO3/c1-23-18-9-15-5-6-21(12-17(15)10-19(18)24-2)20(22)11-16-8-13-3-4-14(16)7-13/h9-10,13-14,16H,3-8,11-12H2,1-2H3/t13-,14+,16-/m1/s1. The molecule has 0 saturated heterocycles. The summed E-state index contributed by atoms with van der Waals surface area (Å²) in [5.41, 5.74) is 2.47. The van der Waals surface area contributed by atoms with Gasteiger partial charge in [-0.3, -0.25) is 4.79 Å². The molecule has 2 bridgehead atoms. The Morgan fingerprint density at radius 3 is 2.50 bits per heavy atom. The molecule has 0 aromatic heterocycles. The second-order valence-corrected chi connectivity index (χ2v) is 7.68. The predicted octanol–water partition coefficient (Wildman–Crippen LogP) is 3.41. The van der Waals surface area contributed by atoms with Gasteiger partial charge in [0.05, 0.1) is 14.2 Å². The average molecular weight is 329 g/mol. The van der Waals surface area contributed by atoms with Gasteiger partial charge in [-0.15, -0.1) is 0 Å². The Labute approximate surface area is 144 Å². The van der Waals surface area contributed by atoms with E-state index in [-0.39, 0.29) is 0 Å². The van der Waals surface area contributed by atoms with Gasteiger partial charge in [0.25, 0.3) is 0 Å². The molecule has 2 saturated carbocycles. The van der Waals surface area contributed by atoms with Crippen LogP contribution in [0, 0.1) is 17.8 Å². The van der Waals surface area contributed by atoms with Gasteiger partial charge in [0, 0.05) is 19.5 Å². The molecule has 2 aliphatic carbocycles. The fourth-order valence-electron chi connectivity index (χ4n) is 5.08. The number of benzene rings is 1. The van der Waals surface area contributed by atoms with Gasteiger partial charge < -0.3 is 14.4 Å². The minimum Gasteiger partial charge on any atom is -0.493 e. The van der Waals surface area contributed by atoms with Crippen LogP contribution in [0.15, 0.2) is 12.1 Å². The van der Waals surface area contributed by atoms with Crippen LogP contribution in [0.25, 0.3) is 0 Å². The number of amides is 1. The number of carbonyl (C=O) groups is 1. The van der Waals surface area contributed by atoms with E-state index in [2.05, 4.69) is 6.07 Å². The van der Waals surface area contributed by atoms with Crippen LogP contribution in [0.1, 0.15) is 43.2 Å². The fourth-order valence-corrected chi connectivity index (χ4v) is 5.08. The van der Waals surface area contributed by atoms with E-state index in [0.29, 0.717) is 18.4 Å². The van der Waals surface area contributed by atoms with Gasteiger partial charge >= 0.3 is 0 Å². The first-order chi connectivity index (χ1) is 11.7. The third kappa shape index (κ3) is 2.76. The van der Waals surface area contributed by atoms with E-state index in [9.17, 15) is 4.79 Å². The van der Waals surface area contributed by atoms with Crippen LogP contribution in [0.3, 0.4) is 0 Å². The lowest BCUT2D eigenvalue weighted by Crippen LogP contribution is -2.37. The molecule has 1 amide bonds. The van der Waals surface area contributed by atoms with Gasteiger partial charge in [0.2, 0.25) is 5.91 Å². The summed E-state index contributed by atoms with van der Waals surface area (Å²) in [5.74, 6) is 4.24. The highest BCUT2D eigenvalue weighted by Gasteiger charge is 2.40. The summed E-state index contributed by atoms with van der Waals surface area (Å²) in [6.45, 7) is 1.53. The molecule has 1 heterocycles. The summed E-state index contributed by atoms with van der Waals surface area (Å²) >= 11 is 0. The maximum Gasteiger partial charge on any atom is 0.223 e. The largest absolute Gasteiger partial charge is 0.493 e. The maximum absolute atomic E-state index is 12.8. The number of hydrogen-bond donors (Lipinski definition) is 0. The van der Waals surface area contributed by atoms with E-state index in [1.54, 1.807) is 14.2 Å². The molecule has 4 nitrogen and oxygen atoms in total. The zero-order valence-corrected chi connectivity index (χ0v) is 14.7. The Bertz CT molecular complexity index is 642. The third-order valence-corrected chi connectivity index (χ3v) is 6.39. The van der Waals surface area contributed by atoms with Crippen molar-refractivity contribution in [2.75, 3.05) is 20.8 Å². The number of hydrogen-bond acceptors (Lipinski definition) is 3. The van der Waals surface area contributed by atoms with Crippen LogP contribution in [-0.2, 0) is 17.8 Å². The monoisotopic (exact) mass is 329 g/mol. The zero-order chi connectivity index (χ0) is 16.7. The summed E-state index contributed by atoms with van der Waals surface area (Å²) in [5, 5.41) is 0. The molecule has 0 N–H and O–H groups in total. The van der Waals surface area contributed by atoms with Crippen molar-refractivity contribution >= 4 is 5.91 Å². The van der Waals surface area contributed by atoms with Gasteiger partial charge in [-0.05, 0) is 66.7 Å². The minimum absolute atomic E-state index is 0.341. The molecule has 0 spiro atoms. The van der Waals surface area contributed by atoms with E-state index >= 15 is 0 Å². The van der Waals surface area contributed by atoms with Crippen molar-refractivity contribution in [1.82, 2.24) is 4.90 Å². The number of methoxy groups -OCH3 is 2. The van der Waals surface area contributed by atoms with E-state index in [0.717, 1.165) is 42.7 Å². The normalized spacial score (nSPS) is 27.9. The highest BCUT2D eigenvalue weighted by Crippen LogP contribution is 2.49. The quantitative estimate of drug-likeness (QED) is 0.850. The zero-order valence-electron chi connectivity index (χ0n) is 14.7. The Morgan fingerprint density at radius 2 is 1.88 bits per heavy atom. The highest BCUT2D eigenvalue weighted by atomic mass is 16.5. The van der Waals surface area contributed by atoms with Crippen molar-refractivity contribution in [3.63, 3.8) is 0 Å². The molecule has 3 atom stereocenters. The van der Waals surface area contributed by atoms with E-state index in [1.807, 2.05) is 11.0 Å². The smallest absolute Gasteiger partial charge is 0.223 e. The molecule has 3 aliphatic rings. The first-order valence-electron chi connectivity index (χ1n) is 9.19. The third-order valence-electron chi connectivity index (χ3n) is 6.39. The van der Waals surface area contributed by atoms with Crippen molar-refractivity contribution < 1.29 is 14.3 Å². The average Bonchev–Trinajstić information content (AvgIpc) is 3.22.